The largest absolute Gasteiger partial charge is 0.381 e. The molecule has 0 aromatic heterocycles. The first-order chi connectivity index (χ1) is 8.56. The first-order valence-electron chi connectivity index (χ1n) is 5.50. The highest BCUT2D eigenvalue weighted by atomic mass is 79.9. The summed E-state index contributed by atoms with van der Waals surface area (Å²) in [5.74, 6) is 0. The number of anilines is 1. The number of hydrogen-bond donors (Lipinski definition) is 1. The van der Waals surface area contributed by atoms with E-state index in [-0.39, 0.29) is 0 Å². The van der Waals surface area contributed by atoms with Crippen LogP contribution < -0.4 is 5.32 Å². The molecule has 0 bridgehead atoms. The highest BCUT2D eigenvalue weighted by Crippen LogP contribution is 2.25. The SMILES string of the molecule is Cc1ccc(Cl)cc1NCc1ccc(Cl)c(Br)c1. The van der Waals surface area contributed by atoms with Crippen molar-refractivity contribution in [3.8, 4) is 0 Å². The lowest BCUT2D eigenvalue weighted by Crippen LogP contribution is -2.01. The van der Waals surface area contributed by atoms with E-state index in [2.05, 4.69) is 28.2 Å². The van der Waals surface area contributed by atoms with Gasteiger partial charge in [0, 0.05) is 21.7 Å². The highest BCUT2D eigenvalue weighted by Gasteiger charge is 2.01. The first-order valence-corrected chi connectivity index (χ1v) is 7.05. The van der Waals surface area contributed by atoms with Crippen molar-refractivity contribution < 1.29 is 0 Å². The second-order valence-corrected chi connectivity index (χ2v) is 5.76. The zero-order chi connectivity index (χ0) is 13.1. The maximum atomic E-state index is 5.98. The van der Waals surface area contributed by atoms with Crippen LogP contribution in [-0.4, -0.2) is 0 Å². The van der Waals surface area contributed by atoms with Crippen molar-refractivity contribution >= 4 is 44.8 Å². The lowest BCUT2D eigenvalue weighted by Gasteiger charge is -2.10. The molecule has 1 nitrogen and oxygen atoms in total. The fraction of sp³-hybridized carbons (Fsp3) is 0.143. The van der Waals surface area contributed by atoms with Crippen molar-refractivity contribution in [1.29, 1.82) is 0 Å². The Morgan fingerprint density at radius 2 is 1.89 bits per heavy atom. The summed E-state index contributed by atoms with van der Waals surface area (Å²) in [7, 11) is 0. The molecular formula is C14H12BrCl2N. The van der Waals surface area contributed by atoms with E-state index in [0.717, 1.165) is 32.3 Å². The van der Waals surface area contributed by atoms with Crippen molar-refractivity contribution in [2.24, 2.45) is 0 Å². The van der Waals surface area contributed by atoms with Crippen LogP contribution in [0.5, 0.6) is 0 Å². The van der Waals surface area contributed by atoms with E-state index in [0.29, 0.717) is 0 Å². The molecular weight excluding hydrogens is 333 g/mol. The van der Waals surface area contributed by atoms with E-state index in [1.807, 2.05) is 36.4 Å². The fourth-order valence-corrected chi connectivity index (χ4v) is 2.35. The van der Waals surface area contributed by atoms with Crippen LogP contribution in [0.4, 0.5) is 5.69 Å². The van der Waals surface area contributed by atoms with E-state index in [1.165, 1.54) is 5.56 Å². The molecule has 0 heterocycles. The Morgan fingerprint density at radius 1 is 1.11 bits per heavy atom. The molecule has 0 amide bonds. The molecule has 18 heavy (non-hydrogen) atoms. The van der Waals surface area contributed by atoms with Gasteiger partial charge in [0.25, 0.3) is 0 Å². The molecule has 0 fully saturated rings. The van der Waals surface area contributed by atoms with E-state index in [1.54, 1.807) is 0 Å². The van der Waals surface area contributed by atoms with Crippen molar-refractivity contribution in [3.05, 3.63) is 62.0 Å². The maximum absolute atomic E-state index is 5.98. The third kappa shape index (κ3) is 3.41. The summed E-state index contributed by atoms with van der Waals surface area (Å²) in [5.41, 5.74) is 3.38. The zero-order valence-corrected chi connectivity index (χ0v) is 12.9. The van der Waals surface area contributed by atoms with Crippen LogP contribution in [0.3, 0.4) is 0 Å². The van der Waals surface area contributed by atoms with Gasteiger partial charge in [-0.05, 0) is 58.2 Å². The molecule has 0 atom stereocenters. The molecule has 0 aliphatic rings. The Kier molecular flexibility index (Phi) is 4.55. The third-order valence-electron chi connectivity index (χ3n) is 2.67. The minimum atomic E-state index is 0.720. The van der Waals surface area contributed by atoms with Gasteiger partial charge in [0.1, 0.15) is 0 Å². The van der Waals surface area contributed by atoms with Crippen molar-refractivity contribution in [3.63, 3.8) is 0 Å². The second kappa shape index (κ2) is 5.96. The quantitative estimate of drug-likeness (QED) is 0.755. The maximum Gasteiger partial charge on any atom is 0.0548 e. The van der Waals surface area contributed by atoms with E-state index >= 15 is 0 Å². The molecule has 1 N–H and O–H groups in total. The summed E-state index contributed by atoms with van der Waals surface area (Å²) >= 11 is 15.4. The normalized spacial score (nSPS) is 10.4. The number of aryl methyl sites for hydroxylation is 1. The third-order valence-corrected chi connectivity index (χ3v) is 4.12. The molecule has 0 aliphatic carbocycles. The Bertz CT molecular complexity index is 570. The van der Waals surface area contributed by atoms with Crippen molar-refractivity contribution in [2.75, 3.05) is 5.32 Å². The summed E-state index contributed by atoms with van der Waals surface area (Å²) in [6.07, 6.45) is 0. The predicted molar refractivity (Wildman–Crippen MR) is 82.7 cm³/mol. The number of rotatable bonds is 3. The predicted octanol–water partition coefficient (Wildman–Crippen LogP) is 5.68. The molecule has 2 aromatic rings. The second-order valence-electron chi connectivity index (χ2n) is 4.06. The number of hydrogen-bond acceptors (Lipinski definition) is 1. The average Bonchev–Trinajstić information content (AvgIpc) is 2.34. The Hall–Kier alpha value is -0.700. The van der Waals surface area contributed by atoms with Gasteiger partial charge in [0.15, 0.2) is 0 Å². The van der Waals surface area contributed by atoms with Gasteiger partial charge in [0.05, 0.1) is 5.02 Å². The van der Waals surface area contributed by atoms with Gasteiger partial charge < -0.3 is 5.32 Å². The van der Waals surface area contributed by atoms with Crippen LogP contribution in [0, 0.1) is 6.92 Å². The minimum absolute atomic E-state index is 0.720. The molecule has 0 saturated heterocycles. The lowest BCUT2D eigenvalue weighted by molar-refractivity contribution is 1.14. The molecule has 2 aromatic carbocycles. The van der Waals surface area contributed by atoms with E-state index in [4.69, 9.17) is 23.2 Å². The summed E-state index contributed by atoms with van der Waals surface area (Å²) in [6.45, 7) is 2.79. The molecule has 0 spiro atoms. The van der Waals surface area contributed by atoms with Crippen LogP contribution in [0.25, 0.3) is 0 Å². The fourth-order valence-electron chi connectivity index (χ4n) is 1.63. The summed E-state index contributed by atoms with van der Waals surface area (Å²) in [5, 5.41) is 4.82. The van der Waals surface area contributed by atoms with Crippen molar-refractivity contribution in [1.82, 2.24) is 0 Å². The summed E-state index contributed by atoms with van der Waals surface area (Å²) in [6, 6.07) is 11.7. The monoisotopic (exact) mass is 343 g/mol. The zero-order valence-electron chi connectivity index (χ0n) is 9.81. The first kappa shape index (κ1) is 13.7. The summed E-state index contributed by atoms with van der Waals surface area (Å²) < 4.78 is 0.909. The van der Waals surface area contributed by atoms with E-state index < -0.39 is 0 Å². The molecule has 94 valence electrons. The molecule has 0 radical (unpaired) electrons. The van der Waals surface area contributed by atoms with Gasteiger partial charge in [-0.2, -0.15) is 0 Å². The summed E-state index contributed by atoms with van der Waals surface area (Å²) in [4.78, 5) is 0. The van der Waals surface area contributed by atoms with Gasteiger partial charge in [-0.15, -0.1) is 0 Å². The molecule has 2 rings (SSSR count). The van der Waals surface area contributed by atoms with Gasteiger partial charge in [0.2, 0.25) is 0 Å². The molecule has 0 saturated carbocycles. The van der Waals surface area contributed by atoms with Crippen LogP contribution >= 0.6 is 39.1 Å². The van der Waals surface area contributed by atoms with Gasteiger partial charge in [-0.1, -0.05) is 35.3 Å². The Balaban J connectivity index is 2.11. The topological polar surface area (TPSA) is 12.0 Å². The standard InChI is InChI=1S/C14H12BrCl2N/c1-9-2-4-11(16)7-14(9)18-8-10-3-5-13(17)12(15)6-10/h2-7,18H,8H2,1H3. The number of benzene rings is 2. The van der Waals surface area contributed by atoms with Crippen LogP contribution in [0.1, 0.15) is 11.1 Å². The van der Waals surface area contributed by atoms with Crippen molar-refractivity contribution in [2.45, 2.75) is 13.5 Å². The highest BCUT2D eigenvalue weighted by molar-refractivity contribution is 9.10. The number of nitrogens with one attached hydrogen (secondary N) is 1. The van der Waals surface area contributed by atoms with E-state index in [9.17, 15) is 0 Å². The average molecular weight is 345 g/mol. The Morgan fingerprint density at radius 3 is 2.61 bits per heavy atom. The van der Waals surface area contributed by atoms with Crippen LogP contribution in [-0.2, 0) is 6.54 Å². The smallest absolute Gasteiger partial charge is 0.0548 e. The van der Waals surface area contributed by atoms with Crippen LogP contribution in [0.15, 0.2) is 40.9 Å². The molecule has 0 unspecified atom stereocenters. The molecule has 0 aliphatic heterocycles. The minimum Gasteiger partial charge on any atom is -0.381 e. The van der Waals surface area contributed by atoms with Crippen LogP contribution in [0.2, 0.25) is 10.0 Å². The van der Waals surface area contributed by atoms with Gasteiger partial charge in [-0.3, -0.25) is 0 Å². The number of halogens is 3. The molecule has 4 heteroatoms. The van der Waals surface area contributed by atoms with Gasteiger partial charge in [-0.25, -0.2) is 0 Å². The Labute approximate surface area is 125 Å². The van der Waals surface area contributed by atoms with Gasteiger partial charge >= 0.3 is 0 Å². The lowest BCUT2D eigenvalue weighted by atomic mass is 10.2.